The van der Waals surface area contributed by atoms with Crippen molar-refractivity contribution in [2.45, 2.75) is 4.90 Å². The van der Waals surface area contributed by atoms with Gasteiger partial charge in [0.1, 0.15) is 18.6 Å². The number of carbonyl (C=O) groups is 1. The molecule has 0 amide bonds. The first-order chi connectivity index (χ1) is 11.6. The molecule has 7 heteroatoms. The number of carbonyl (C=O) groups excluding carboxylic acids is 1. The molecule has 0 spiro atoms. The fourth-order valence-electron chi connectivity index (χ4n) is 1.82. The summed E-state index contributed by atoms with van der Waals surface area (Å²) in [6.45, 7) is 0.681. The molecular weight excluding hydrogens is 332 g/mol. The molecule has 0 N–H and O–H groups in total. The summed E-state index contributed by atoms with van der Waals surface area (Å²) < 4.78 is 39.2. The van der Waals surface area contributed by atoms with E-state index in [-0.39, 0.29) is 18.1 Å². The molecule has 0 radical (unpaired) electrons. The molecule has 0 aliphatic rings. The molecule has 0 fully saturated rings. The lowest BCUT2D eigenvalue weighted by Gasteiger charge is -2.08. The number of hydrogen-bond acceptors (Lipinski definition) is 6. The topological polar surface area (TPSA) is 78.9 Å². The summed E-state index contributed by atoms with van der Waals surface area (Å²) in [7, 11) is -3.74. The largest absolute Gasteiger partial charge is 0.491 e. The minimum atomic E-state index is -3.74. The van der Waals surface area contributed by atoms with Crippen molar-refractivity contribution in [1.82, 2.24) is 0 Å². The van der Waals surface area contributed by atoms with Crippen LogP contribution in [0, 0.1) is 0 Å². The maximum atomic E-state index is 11.8. The van der Waals surface area contributed by atoms with Crippen LogP contribution < -0.4 is 4.74 Å². The summed E-state index contributed by atoms with van der Waals surface area (Å²) in [5.74, 6) is 0.632. The zero-order valence-electron chi connectivity index (χ0n) is 13.0. The Kier molecular flexibility index (Phi) is 6.92. The maximum Gasteiger partial charge on any atom is 0.297 e. The Bertz CT molecular complexity index is 725. The van der Waals surface area contributed by atoms with Gasteiger partial charge in [-0.2, -0.15) is 8.42 Å². The van der Waals surface area contributed by atoms with E-state index in [9.17, 15) is 13.2 Å². The van der Waals surface area contributed by atoms with Gasteiger partial charge in [-0.3, -0.25) is 8.98 Å². The summed E-state index contributed by atoms with van der Waals surface area (Å²) in [4.78, 5) is 10.6. The molecule has 0 heterocycles. The Morgan fingerprint density at radius 2 is 1.50 bits per heavy atom. The second-order valence-corrected chi connectivity index (χ2v) is 6.35. The van der Waals surface area contributed by atoms with Gasteiger partial charge in [-0.05, 0) is 36.4 Å². The van der Waals surface area contributed by atoms with Gasteiger partial charge >= 0.3 is 0 Å². The second-order valence-electron chi connectivity index (χ2n) is 4.74. The minimum Gasteiger partial charge on any atom is -0.491 e. The van der Waals surface area contributed by atoms with Gasteiger partial charge in [0.15, 0.2) is 0 Å². The first-order valence-corrected chi connectivity index (χ1v) is 8.73. The lowest BCUT2D eigenvalue weighted by atomic mass is 10.2. The molecule has 0 unspecified atom stereocenters. The highest BCUT2D eigenvalue weighted by molar-refractivity contribution is 7.86. The quantitative estimate of drug-likeness (QED) is 0.372. The predicted octanol–water partition coefficient (Wildman–Crippen LogP) is 2.30. The standard InChI is InChI=1S/C17H18O6S/c18-14-15-6-8-16(9-7-15)22-12-10-21-11-13-23-24(19,20)17-4-2-1-3-5-17/h1-9,14H,10-13H2. The Labute approximate surface area is 141 Å². The van der Waals surface area contributed by atoms with E-state index in [0.29, 0.717) is 24.5 Å². The number of hydrogen-bond donors (Lipinski definition) is 0. The minimum absolute atomic E-state index is 0.0642. The monoisotopic (exact) mass is 350 g/mol. The lowest BCUT2D eigenvalue weighted by Crippen LogP contribution is -2.14. The molecule has 2 aromatic rings. The van der Waals surface area contributed by atoms with E-state index in [1.807, 2.05) is 0 Å². The molecule has 6 nitrogen and oxygen atoms in total. The molecule has 0 aliphatic carbocycles. The van der Waals surface area contributed by atoms with E-state index in [0.717, 1.165) is 6.29 Å². The van der Waals surface area contributed by atoms with Crippen molar-refractivity contribution in [3.63, 3.8) is 0 Å². The average molecular weight is 350 g/mol. The van der Waals surface area contributed by atoms with E-state index in [2.05, 4.69) is 0 Å². The fraction of sp³-hybridized carbons (Fsp3) is 0.235. The van der Waals surface area contributed by atoms with E-state index < -0.39 is 10.1 Å². The van der Waals surface area contributed by atoms with Crippen molar-refractivity contribution in [1.29, 1.82) is 0 Å². The zero-order chi connectivity index (χ0) is 17.3. The summed E-state index contributed by atoms with van der Waals surface area (Å²) in [6, 6.07) is 14.6. The van der Waals surface area contributed by atoms with E-state index in [4.69, 9.17) is 13.7 Å². The highest BCUT2D eigenvalue weighted by Crippen LogP contribution is 2.11. The van der Waals surface area contributed by atoms with Crippen molar-refractivity contribution in [2.24, 2.45) is 0 Å². The third-order valence-electron chi connectivity index (χ3n) is 3.01. The van der Waals surface area contributed by atoms with Gasteiger partial charge < -0.3 is 9.47 Å². The fourth-order valence-corrected chi connectivity index (χ4v) is 2.73. The van der Waals surface area contributed by atoms with Gasteiger partial charge in [-0.25, -0.2) is 0 Å². The molecule has 2 rings (SSSR count). The molecule has 0 bridgehead atoms. The zero-order valence-corrected chi connectivity index (χ0v) is 13.8. The summed E-state index contributed by atoms with van der Waals surface area (Å²) in [5.41, 5.74) is 0.579. The summed E-state index contributed by atoms with van der Waals surface area (Å²) >= 11 is 0. The normalized spacial score (nSPS) is 11.2. The number of rotatable bonds is 10. The van der Waals surface area contributed by atoms with Crippen molar-refractivity contribution < 1.29 is 26.9 Å². The van der Waals surface area contributed by atoms with Crippen LogP contribution >= 0.6 is 0 Å². The van der Waals surface area contributed by atoms with Crippen molar-refractivity contribution >= 4 is 16.4 Å². The molecule has 0 atom stereocenters. The van der Waals surface area contributed by atoms with Crippen LogP contribution in [0.25, 0.3) is 0 Å². The van der Waals surface area contributed by atoms with Crippen molar-refractivity contribution in [2.75, 3.05) is 26.4 Å². The van der Waals surface area contributed by atoms with Gasteiger partial charge in [0.2, 0.25) is 0 Å². The molecule has 0 aliphatic heterocycles. The van der Waals surface area contributed by atoms with Crippen LogP contribution in [0.4, 0.5) is 0 Å². The third kappa shape index (κ3) is 5.77. The van der Waals surface area contributed by atoms with E-state index in [1.165, 1.54) is 12.1 Å². The Morgan fingerprint density at radius 3 is 2.17 bits per heavy atom. The second kappa shape index (κ2) is 9.17. The molecule has 128 valence electrons. The predicted molar refractivity (Wildman–Crippen MR) is 87.7 cm³/mol. The molecule has 2 aromatic carbocycles. The van der Waals surface area contributed by atoms with Gasteiger partial charge in [0.25, 0.3) is 10.1 Å². The highest BCUT2D eigenvalue weighted by atomic mass is 32.2. The Hall–Kier alpha value is -2.22. The summed E-state index contributed by atoms with van der Waals surface area (Å²) in [5, 5.41) is 0. The number of ether oxygens (including phenoxy) is 2. The van der Waals surface area contributed by atoms with Crippen LogP contribution in [-0.2, 0) is 19.0 Å². The van der Waals surface area contributed by atoms with Crippen LogP contribution in [0.1, 0.15) is 10.4 Å². The molecule has 0 aromatic heterocycles. The van der Waals surface area contributed by atoms with Gasteiger partial charge in [0.05, 0.1) is 24.7 Å². The van der Waals surface area contributed by atoms with E-state index >= 15 is 0 Å². The number of aldehydes is 1. The van der Waals surface area contributed by atoms with Crippen LogP contribution in [0.15, 0.2) is 59.5 Å². The molecule has 0 saturated heterocycles. The molecular formula is C17H18O6S. The maximum absolute atomic E-state index is 11.8. The van der Waals surface area contributed by atoms with Crippen molar-refractivity contribution in [3.05, 3.63) is 60.2 Å². The lowest BCUT2D eigenvalue weighted by molar-refractivity contribution is 0.0779. The van der Waals surface area contributed by atoms with Crippen LogP contribution in [0.5, 0.6) is 5.75 Å². The SMILES string of the molecule is O=Cc1ccc(OCCOCCOS(=O)(=O)c2ccccc2)cc1. The van der Waals surface area contributed by atoms with Crippen LogP contribution in [-0.4, -0.2) is 41.1 Å². The highest BCUT2D eigenvalue weighted by Gasteiger charge is 2.13. The average Bonchev–Trinajstić information content (AvgIpc) is 2.62. The summed E-state index contributed by atoms with van der Waals surface area (Å²) in [6.07, 6.45) is 0.760. The van der Waals surface area contributed by atoms with Crippen LogP contribution in [0.2, 0.25) is 0 Å². The third-order valence-corrected chi connectivity index (χ3v) is 4.34. The smallest absolute Gasteiger partial charge is 0.297 e. The van der Waals surface area contributed by atoms with Crippen LogP contribution in [0.3, 0.4) is 0 Å². The molecule has 0 saturated carbocycles. The number of benzene rings is 2. The van der Waals surface area contributed by atoms with Gasteiger partial charge in [-0.1, -0.05) is 18.2 Å². The van der Waals surface area contributed by atoms with E-state index in [1.54, 1.807) is 42.5 Å². The first-order valence-electron chi connectivity index (χ1n) is 7.32. The first kappa shape index (κ1) is 18.1. The van der Waals surface area contributed by atoms with Gasteiger partial charge in [-0.15, -0.1) is 0 Å². The van der Waals surface area contributed by atoms with Crippen molar-refractivity contribution in [3.8, 4) is 5.75 Å². The Balaban J connectivity index is 1.60. The molecule has 24 heavy (non-hydrogen) atoms. The Morgan fingerprint density at radius 1 is 0.833 bits per heavy atom. The van der Waals surface area contributed by atoms with Gasteiger partial charge in [0, 0.05) is 5.56 Å².